The zero-order valence-electron chi connectivity index (χ0n) is 10.5. The Morgan fingerprint density at radius 2 is 1.74 bits per heavy atom. The van der Waals surface area contributed by atoms with E-state index in [-0.39, 0.29) is 10.7 Å². The maximum atomic E-state index is 12.1. The lowest BCUT2D eigenvalue weighted by molar-refractivity contribution is 0.603. The molecule has 0 amide bonds. The number of anilines is 1. The first-order valence-corrected chi connectivity index (χ1v) is 6.97. The van der Waals surface area contributed by atoms with E-state index >= 15 is 0 Å². The van der Waals surface area contributed by atoms with Gasteiger partial charge >= 0.3 is 0 Å². The number of nitrogen functional groups attached to an aromatic ring is 1. The lowest BCUT2D eigenvalue weighted by Gasteiger charge is -2.16. The number of hydrogen-bond acceptors (Lipinski definition) is 5. The first kappa shape index (κ1) is 13.3. The maximum absolute atomic E-state index is 12.1. The highest BCUT2D eigenvalue weighted by Crippen LogP contribution is 2.26. The van der Waals surface area contributed by atoms with E-state index in [0.717, 1.165) is 0 Å². The number of aromatic nitrogens is 2. The maximum Gasteiger partial charge on any atom is 0.202 e. The van der Waals surface area contributed by atoms with Gasteiger partial charge in [0.2, 0.25) is 10.0 Å². The lowest BCUT2D eigenvalue weighted by atomic mass is 10.3. The number of nitrogens with zero attached hydrogens (tertiary/aromatic N) is 3. The molecule has 0 bridgehead atoms. The van der Waals surface area contributed by atoms with Crippen LogP contribution in [0.4, 0.5) is 11.5 Å². The van der Waals surface area contributed by atoms with Crippen molar-refractivity contribution >= 4 is 21.5 Å². The Labute approximate surface area is 111 Å². The van der Waals surface area contributed by atoms with Crippen LogP contribution in [0.3, 0.4) is 0 Å². The van der Waals surface area contributed by atoms with Crippen LogP contribution in [0.15, 0.2) is 35.2 Å². The van der Waals surface area contributed by atoms with Crippen molar-refractivity contribution in [2.24, 2.45) is 0 Å². The van der Waals surface area contributed by atoms with Crippen LogP contribution in [0.5, 0.6) is 0 Å². The van der Waals surface area contributed by atoms with Crippen molar-refractivity contribution in [3.63, 3.8) is 0 Å². The highest BCUT2D eigenvalue weighted by molar-refractivity contribution is 7.94. The molecule has 7 heteroatoms. The first-order chi connectivity index (χ1) is 8.87. The highest BCUT2D eigenvalue weighted by Gasteiger charge is 2.09. The molecule has 0 aliphatic carbocycles. The number of aryl methyl sites for hydroxylation is 2. The van der Waals surface area contributed by atoms with E-state index in [1.807, 2.05) is 0 Å². The molecule has 2 N–H and O–H groups in total. The summed E-state index contributed by atoms with van der Waals surface area (Å²) < 4.78 is 27.8. The van der Waals surface area contributed by atoms with Crippen LogP contribution >= 0.6 is 0 Å². The molecule has 0 atom stereocenters. The zero-order chi connectivity index (χ0) is 14.0. The first-order valence-electron chi connectivity index (χ1n) is 5.53. The van der Waals surface area contributed by atoms with Crippen LogP contribution in [0.25, 0.3) is 4.72 Å². The molecule has 0 fully saturated rings. The van der Waals surface area contributed by atoms with Gasteiger partial charge in [0, 0.05) is 17.2 Å². The van der Waals surface area contributed by atoms with Gasteiger partial charge in [-0.15, -0.1) is 0 Å². The van der Waals surface area contributed by atoms with E-state index in [1.165, 1.54) is 30.3 Å². The Kier molecular flexibility index (Phi) is 3.39. The Morgan fingerprint density at radius 3 is 2.32 bits per heavy atom. The van der Waals surface area contributed by atoms with Gasteiger partial charge in [-0.05, 0) is 50.0 Å². The van der Waals surface area contributed by atoms with Gasteiger partial charge in [-0.25, -0.2) is 8.42 Å². The summed E-state index contributed by atoms with van der Waals surface area (Å²) in [4.78, 5) is 8.13. The van der Waals surface area contributed by atoms with E-state index in [4.69, 9.17) is 5.73 Å². The minimum atomic E-state index is -3.78. The average Bonchev–Trinajstić information content (AvgIpc) is 2.27. The summed E-state index contributed by atoms with van der Waals surface area (Å²) in [5.74, 6) is 0.605. The molecule has 2 rings (SSSR count). The Morgan fingerprint density at radius 1 is 1.11 bits per heavy atom. The molecule has 0 spiro atoms. The third-order valence-corrected chi connectivity index (χ3v) is 3.64. The van der Waals surface area contributed by atoms with Crippen LogP contribution in [0.1, 0.15) is 11.5 Å². The van der Waals surface area contributed by atoms with Crippen LogP contribution < -0.4 is 5.73 Å². The summed E-state index contributed by atoms with van der Waals surface area (Å²) in [6, 6.07) is 7.36. The molecule has 0 saturated heterocycles. The smallest absolute Gasteiger partial charge is 0.202 e. The van der Waals surface area contributed by atoms with Crippen molar-refractivity contribution in [3.05, 3.63) is 46.6 Å². The van der Waals surface area contributed by atoms with E-state index in [9.17, 15) is 8.42 Å². The number of hydrogen-bond donors (Lipinski definition) is 1. The predicted molar refractivity (Wildman–Crippen MR) is 72.6 cm³/mol. The molecule has 0 aliphatic heterocycles. The second kappa shape index (κ2) is 4.85. The van der Waals surface area contributed by atoms with Crippen LogP contribution in [0.2, 0.25) is 0 Å². The summed E-state index contributed by atoms with van der Waals surface area (Å²) in [5, 5.41) is 0. The van der Waals surface area contributed by atoms with Crippen molar-refractivity contribution in [1.82, 2.24) is 9.97 Å². The summed E-state index contributed by atoms with van der Waals surface area (Å²) in [6.07, 6.45) is 0. The summed E-state index contributed by atoms with van der Waals surface area (Å²) >= 11 is 0. The Bertz CT molecular complexity index is 676. The second-order valence-electron chi connectivity index (χ2n) is 4.05. The minimum Gasteiger partial charge on any atom is -0.423 e. The van der Waals surface area contributed by atoms with Crippen LogP contribution in [0, 0.1) is 13.8 Å². The molecular weight excluding hydrogens is 264 g/mol. The number of sulfonamides is 1. The summed E-state index contributed by atoms with van der Waals surface area (Å²) in [7, 11) is -3.78. The fourth-order valence-corrected chi connectivity index (χ4v) is 2.49. The molecule has 1 heterocycles. The molecule has 1 aromatic carbocycles. The van der Waals surface area contributed by atoms with Crippen LogP contribution in [-0.4, -0.2) is 18.4 Å². The molecule has 100 valence electrons. The quantitative estimate of drug-likeness (QED) is 0.865. The SMILES string of the molecule is Cc1cc([N-]S(=O)(=O)c2ccc(N)cc2)nc(C)n1. The molecule has 0 unspecified atom stereocenters. The number of rotatable bonds is 3. The summed E-state index contributed by atoms with van der Waals surface area (Å²) in [5.41, 5.74) is 6.67. The van der Waals surface area contributed by atoms with Crippen molar-refractivity contribution in [2.75, 3.05) is 5.73 Å². The van der Waals surface area contributed by atoms with E-state index in [1.54, 1.807) is 13.8 Å². The molecule has 0 aliphatic rings. The van der Waals surface area contributed by atoms with Gasteiger partial charge in [0.15, 0.2) is 0 Å². The molecule has 6 nitrogen and oxygen atoms in total. The van der Waals surface area contributed by atoms with Crippen molar-refractivity contribution in [1.29, 1.82) is 0 Å². The van der Waals surface area contributed by atoms with Gasteiger partial charge in [0.05, 0.1) is 4.90 Å². The monoisotopic (exact) mass is 277 g/mol. The van der Waals surface area contributed by atoms with Crippen molar-refractivity contribution < 1.29 is 8.42 Å². The third-order valence-electron chi connectivity index (χ3n) is 2.34. The van der Waals surface area contributed by atoms with E-state index in [0.29, 0.717) is 17.2 Å². The molecule has 2 aromatic rings. The Hall–Kier alpha value is -2.15. The van der Waals surface area contributed by atoms with Crippen LogP contribution in [-0.2, 0) is 10.0 Å². The standard InChI is InChI=1S/C12H13N4O2S/c1-8-7-12(15-9(2)14-8)16-19(17,18)11-5-3-10(13)4-6-11/h3-7H,13H2,1-2H3/q-1. The van der Waals surface area contributed by atoms with Crippen molar-refractivity contribution in [3.8, 4) is 0 Å². The number of nitrogens with two attached hydrogens (primary N) is 1. The number of benzene rings is 1. The molecule has 1 aromatic heterocycles. The normalized spacial score (nSPS) is 11.3. The van der Waals surface area contributed by atoms with Gasteiger partial charge in [-0.2, -0.15) is 0 Å². The van der Waals surface area contributed by atoms with E-state index in [2.05, 4.69) is 14.7 Å². The molecular formula is C12H13N4O2S-. The second-order valence-corrected chi connectivity index (χ2v) is 5.65. The zero-order valence-corrected chi connectivity index (χ0v) is 11.3. The molecule has 0 radical (unpaired) electrons. The largest absolute Gasteiger partial charge is 0.423 e. The third kappa shape index (κ3) is 3.19. The average molecular weight is 277 g/mol. The molecule has 19 heavy (non-hydrogen) atoms. The Balaban J connectivity index is 2.33. The van der Waals surface area contributed by atoms with Gasteiger partial charge in [0.1, 0.15) is 0 Å². The fraction of sp³-hybridized carbons (Fsp3) is 0.167. The lowest BCUT2D eigenvalue weighted by Crippen LogP contribution is -2.00. The highest BCUT2D eigenvalue weighted by atomic mass is 32.2. The van der Waals surface area contributed by atoms with E-state index < -0.39 is 10.0 Å². The molecule has 0 saturated carbocycles. The van der Waals surface area contributed by atoms with Gasteiger partial charge in [-0.3, -0.25) is 4.98 Å². The van der Waals surface area contributed by atoms with Gasteiger partial charge < -0.3 is 15.4 Å². The van der Waals surface area contributed by atoms with Gasteiger partial charge in [0.25, 0.3) is 0 Å². The fourth-order valence-electron chi connectivity index (χ4n) is 1.56. The van der Waals surface area contributed by atoms with Gasteiger partial charge in [-0.1, -0.05) is 0 Å². The van der Waals surface area contributed by atoms with Crippen molar-refractivity contribution in [2.45, 2.75) is 18.7 Å². The topological polar surface area (TPSA) is 100 Å². The summed E-state index contributed by atoms with van der Waals surface area (Å²) in [6.45, 7) is 3.44. The minimum absolute atomic E-state index is 0.0793. The predicted octanol–water partition coefficient (Wildman–Crippen LogP) is 2.07.